The first kappa shape index (κ1) is 20.0. The number of carbonyl (C=O) groups excluding carboxylic acids is 1. The quantitative estimate of drug-likeness (QED) is 0.560. The van der Waals surface area contributed by atoms with Crippen molar-refractivity contribution in [3.8, 4) is 11.5 Å². The normalized spacial score (nSPS) is 13.8. The first-order chi connectivity index (χ1) is 13.6. The average molecular weight is 402 g/mol. The Labute approximate surface area is 170 Å². The van der Waals surface area contributed by atoms with Gasteiger partial charge in [0.2, 0.25) is 0 Å². The third-order valence-electron chi connectivity index (χ3n) is 4.55. The van der Waals surface area contributed by atoms with Crippen LogP contribution in [0.3, 0.4) is 0 Å². The van der Waals surface area contributed by atoms with Crippen LogP contribution < -0.4 is 19.8 Å². The molecule has 0 aromatic heterocycles. The highest BCUT2D eigenvalue weighted by Crippen LogP contribution is 2.32. The lowest BCUT2D eigenvalue weighted by Gasteiger charge is -2.17. The largest absolute Gasteiger partial charge is 0.493 e. The maximum atomic E-state index is 12.3. The predicted molar refractivity (Wildman–Crippen MR) is 112 cm³/mol. The monoisotopic (exact) mass is 401 g/mol. The molecule has 2 aromatic carbocycles. The number of nitrogens with zero attached hydrogens (tertiary/aromatic N) is 2. The molecule has 1 amide bonds. The lowest BCUT2D eigenvalue weighted by molar-refractivity contribution is 0.0955. The number of carbonyl (C=O) groups is 1. The van der Waals surface area contributed by atoms with Gasteiger partial charge in [-0.15, -0.1) is 0 Å². The Morgan fingerprint density at radius 2 is 1.93 bits per heavy atom. The first-order valence-corrected chi connectivity index (χ1v) is 9.69. The molecule has 1 aliphatic heterocycles. The van der Waals surface area contributed by atoms with Crippen molar-refractivity contribution in [2.45, 2.75) is 19.8 Å². The van der Waals surface area contributed by atoms with Crippen LogP contribution in [-0.2, 0) is 0 Å². The second-order valence-electron chi connectivity index (χ2n) is 6.40. The number of ether oxygens (including phenoxy) is 2. The summed E-state index contributed by atoms with van der Waals surface area (Å²) in [7, 11) is 1.55. The Morgan fingerprint density at radius 1 is 1.21 bits per heavy atom. The van der Waals surface area contributed by atoms with Gasteiger partial charge in [0.05, 0.1) is 25.0 Å². The van der Waals surface area contributed by atoms with E-state index in [1.807, 2.05) is 31.2 Å². The van der Waals surface area contributed by atoms with E-state index in [-0.39, 0.29) is 5.91 Å². The van der Waals surface area contributed by atoms with E-state index >= 15 is 0 Å². The number of rotatable bonds is 7. The van der Waals surface area contributed by atoms with Gasteiger partial charge in [-0.3, -0.25) is 4.79 Å². The third kappa shape index (κ3) is 4.75. The zero-order valence-corrected chi connectivity index (χ0v) is 16.8. The lowest BCUT2D eigenvalue weighted by atomic mass is 10.2. The molecule has 0 atom stereocenters. The van der Waals surface area contributed by atoms with Gasteiger partial charge in [0.15, 0.2) is 11.5 Å². The van der Waals surface area contributed by atoms with Crippen LogP contribution in [0.5, 0.6) is 11.5 Å². The Morgan fingerprint density at radius 3 is 2.57 bits per heavy atom. The summed E-state index contributed by atoms with van der Waals surface area (Å²) >= 11 is 6.25. The van der Waals surface area contributed by atoms with Gasteiger partial charge in [0.25, 0.3) is 5.91 Å². The number of hydrogen-bond acceptors (Lipinski definition) is 5. The molecule has 1 aliphatic rings. The first-order valence-electron chi connectivity index (χ1n) is 9.31. The van der Waals surface area contributed by atoms with Crippen LogP contribution >= 0.6 is 11.6 Å². The molecule has 1 saturated heterocycles. The van der Waals surface area contributed by atoms with Gasteiger partial charge in [-0.05, 0) is 50.1 Å². The van der Waals surface area contributed by atoms with Crippen molar-refractivity contribution in [2.24, 2.45) is 5.10 Å². The number of amides is 1. The van der Waals surface area contributed by atoms with E-state index < -0.39 is 0 Å². The number of nitrogens with one attached hydrogen (secondary N) is 1. The fourth-order valence-electron chi connectivity index (χ4n) is 3.10. The number of hydrazone groups is 1. The van der Waals surface area contributed by atoms with Crippen molar-refractivity contribution in [3.63, 3.8) is 0 Å². The molecule has 2 aromatic rings. The molecule has 0 radical (unpaired) electrons. The minimum atomic E-state index is -0.279. The molecule has 0 spiro atoms. The number of halogens is 1. The van der Waals surface area contributed by atoms with Crippen molar-refractivity contribution in [3.05, 3.63) is 52.5 Å². The Balaban J connectivity index is 1.65. The molecule has 3 rings (SSSR count). The van der Waals surface area contributed by atoms with E-state index in [0.717, 1.165) is 18.8 Å². The predicted octanol–water partition coefficient (Wildman–Crippen LogP) is 4.11. The highest BCUT2D eigenvalue weighted by atomic mass is 35.5. The van der Waals surface area contributed by atoms with Crippen molar-refractivity contribution in [1.82, 2.24) is 5.43 Å². The second-order valence-corrected chi connectivity index (χ2v) is 6.80. The maximum absolute atomic E-state index is 12.3. The van der Waals surface area contributed by atoms with Crippen LogP contribution in [0.1, 0.15) is 35.7 Å². The number of hydrogen-bond donors (Lipinski definition) is 1. The Bertz CT molecular complexity index is 847. The van der Waals surface area contributed by atoms with Crippen molar-refractivity contribution >= 4 is 29.4 Å². The molecule has 0 saturated carbocycles. The molecule has 0 unspecified atom stereocenters. The summed E-state index contributed by atoms with van der Waals surface area (Å²) in [4.78, 5) is 14.6. The minimum Gasteiger partial charge on any atom is -0.493 e. The molecule has 28 heavy (non-hydrogen) atoms. The van der Waals surface area contributed by atoms with Crippen molar-refractivity contribution in [1.29, 1.82) is 0 Å². The van der Waals surface area contributed by atoms with E-state index in [1.165, 1.54) is 19.1 Å². The van der Waals surface area contributed by atoms with Crippen LogP contribution in [0.2, 0.25) is 5.02 Å². The summed E-state index contributed by atoms with van der Waals surface area (Å²) in [5, 5.41) is 4.47. The second kappa shape index (κ2) is 9.46. The summed E-state index contributed by atoms with van der Waals surface area (Å²) in [5.74, 6) is 0.838. The van der Waals surface area contributed by atoms with Crippen molar-refractivity contribution in [2.75, 3.05) is 31.7 Å². The van der Waals surface area contributed by atoms with Crippen LogP contribution in [0.15, 0.2) is 41.5 Å². The molecule has 6 nitrogen and oxygen atoms in total. The average Bonchev–Trinajstić information content (AvgIpc) is 3.25. The molecule has 7 heteroatoms. The topological polar surface area (TPSA) is 63.2 Å². The van der Waals surface area contributed by atoms with Gasteiger partial charge < -0.3 is 14.4 Å². The van der Waals surface area contributed by atoms with Gasteiger partial charge in [-0.25, -0.2) is 5.43 Å². The summed E-state index contributed by atoms with van der Waals surface area (Å²) in [6.07, 6.45) is 3.92. The van der Waals surface area contributed by atoms with Gasteiger partial charge in [0.1, 0.15) is 0 Å². The highest BCUT2D eigenvalue weighted by Gasteiger charge is 2.13. The number of benzene rings is 2. The SMILES string of the molecule is CCOc1cc(/C=N\NC(=O)c2ccc(N3CCCC3)cc2)c(Cl)cc1OC. The highest BCUT2D eigenvalue weighted by molar-refractivity contribution is 6.33. The molecule has 0 bridgehead atoms. The van der Waals surface area contributed by atoms with Gasteiger partial charge >= 0.3 is 0 Å². The summed E-state index contributed by atoms with van der Waals surface area (Å²) < 4.78 is 10.8. The van der Waals surface area contributed by atoms with Crippen LogP contribution in [0, 0.1) is 0 Å². The Kier molecular flexibility index (Phi) is 6.76. The molecular weight excluding hydrogens is 378 g/mol. The summed E-state index contributed by atoms with van der Waals surface area (Å²) in [6, 6.07) is 11.0. The van der Waals surface area contributed by atoms with E-state index in [4.69, 9.17) is 21.1 Å². The van der Waals surface area contributed by atoms with Gasteiger partial charge in [-0.2, -0.15) is 5.10 Å². The van der Waals surface area contributed by atoms with E-state index in [0.29, 0.717) is 34.3 Å². The fraction of sp³-hybridized carbons (Fsp3) is 0.333. The fourth-order valence-corrected chi connectivity index (χ4v) is 3.30. The Hall–Kier alpha value is -2.73. The zero-order valence-electron chi connectivity index (χ0n) is 16.1. The maximum Gasteiger partial charge on any atom is 0.271 e. The van der Waals surface area contributed by atoms with Crippen LogP contribution in [0.25, 0.3) is 0 Å². The molecule has 148 valence electrons. The molecule has 1 heterocycles. The van der Waals surface area contributed by atoms with Gasteiger partial charge in [0, 0.05) is 36.0 Å². The zero-order chi connectivity index (χ0) is 19.9. The number of methoxy groups -OCH3 is 1. The molecule has 0 aliphatic carbocycles. The summed E-state index contributed by atoms with van der Waals surface area (Å²) in [5.41, 5.74) is 4.85. The van der Waals surface area contributed by atoms with E-state index in [2.05, 4.69) is 15.4 Å². The van der Waals surface area contributed by atoms with E-state index in [9.17, 15) is 4.79 Å². The molecule has 1 fully saturated rings. The smallest absolute Gasteiger partial charge is 0.271 e. The van der Waals surface area contributed by atoms with Crippen LogP contribution in [0.4, 0.5) is 5.69 Å². The lowest BCUT2D eigenvalue weighted by Crippen LogP contribution is -2.19. The third-order valence-corrected chi connectivity index (χ3v) is 4.88. The minimum absolute atomic E-state index is 0.279. The standard InChI is InChI=1S/C21H24ClN3O3/c1-3-28-20-12-16(18(22)13-19(20)27-2)14-23-24-21(26)15-6-8-17(9-7-15)25-10-4-5-11-25/h6-9,12-14H,3-5,10-11H2,1-2H3,(H,24,26)/b23-14-. The summed E-state index contributed by atoms with van der Waals surface area (Å²) in [6.45, 7) is 4.53. The van der Waals surface area contributed by atoms with Crippen LogP contribution in [-0.4, -0.2) is 38.9 Å². The van der Waals surface area contributed by atoms with Crippen molar-refractivity contribution < 1.29 is 14.3 Å². The molecule has 1 N–H and O–H groups in total. The molecular formula is C21H24ClN3O3. The van der Waals surface area contributed by atoms with E-state index in [1.54, 1.807) is 19.2 Å². The number of anilines is 1. The van der Waals surface area contributed by atoms with Gasteiger partial charge in [-0.1, -0.05) is 11.6 Å².